The van der Waals surface area contributed by atoms with Crippen LogP contribution < -0.4 is 5.32 Å². The Kier molecular flexibility index (Phi) is 5.73. The monoisotopic (exact) mass is 400 g/mol. The van der Waals surface area contributed by atoms with Gasteiger partial charge in [0, 0.05) is 24.9 Å². The first-order valence-corrected chi connectivity index (χ1v) is 11.8. The maximum Gasteiger partial charge on any atom is 0.242 e. The van der Waals surface area contributed by atoms with E-state index in [1.807, 2.05) is 0 Å². The lowest BCUT2D eigenvalue weighted by atomic mass is 9.49. The minimum atomic E-state index is -0.0344. The first-order chi connectivity index (χ1) is 13.4. The molecule has 5 rings (SSSR count). The minimum absolute atomic E-state index is 0.0344. The smallest absolute Gasteiger partial charge is 0.242 e. The maximum atomic E-state index is 12.6. The van der Waals surface area contributed by atoms with E-state index in [0.717, 1.165) is 23.3 Å². The van der Waals surface area contributed by atoms with Crippen molar-refractivity contribution in [2.45, 2.75) is 56.4 Å². The average molecular weight is 401 g/mol. The van der Waals surface area contributed by atoms with Gasteiger partial charge in [-0.3, -0.25) is 9.59 Å². The van der Waals surface area contributed by atoms with Crippen molar-refractivity contribution in [1.82, 2.24) is 10.2 Å². The second-order valence-corrected chi connectivity index (χ2v) is 10.3. The van der Waals surface area contributed by atoms with Crippen molar-refractivity contribution in [1.29, 1.82) is 0 Å². The molecule has 1 aromatic rings. The number of nitrogens with one attached hydrogen (secondary N) is 1. The number of hydrogen-bond acceptors (Lipinski definition) is 3. The fourth-order valence-corrected chi connectivity index (χ4v) is 6.72. The molecule has 1 aromatic carbocycles. The van der Waals surface area contributed by atoms with E-state index in [9.17, 15) is 9.59 Å². The summed E-state index contributed by atoms with van der Waals surface area (Å²) in [6.07, 6.45) is 10.5. The van der Waals surface area contributed by atoms with Gasteiger partial charge >= 0.3 is 0 Å². The number of hydrogen-bond donors (Lipinski definition) is 1. The molecule has 4 nitrogen and oxygen atoms in total. The van der Waals surface area contributed by atoms with Crippen LogP contribution in [0.3, 0.4) is 0 Å². The number of benzene rings is 1. The number of amides is 2. The normalized spacial score (nSPS) is 30.3. The molecule has 28 heavy (non-hydrogen) atoms. The summed E-state index contributed by atoms with van der Waals surface area (Å²) in [5.74, 6) is 2.58. The van der Waals surface area contributed by atoms with Gasteiger partial charge in [-0.15, -0.1) is 11.8 Å². The Morgan fingerprint density at radius 3 is 2.18 bits per heavy atom. The quantitative estimate of drug-likeness (QED) is 0.702. The van der Waals surface area contributed by atoms with E-state index in [2.05, 4.69) is 35.8 Å². The maximum absolute atomic E-state index is 12.6. The second-order valence-electron chi connectivity index (χ2n) is 9.47. The highest BCUT2D eigenvalue weighted by Crippen LogP contribution is 2.61. The average Bonchev–Trinajstić information content (AvgIpc) is 2.65. The SMILES string of the molecule is CSc1ccc(CN(C)C(=O)CNC(=O)CC23CC4CC(CC(C4)C2)C3)cc1. The number of likely N-dealkylation sites (N-methyl/N-ethyl adjacent to an activating group) is 1. The predicted octanol–water partition coefficient (Wildman–Crippen LogP) is 4.09. The Hall–Kier alpha value is -1.49. The van der Waals surface area contributed by atoms with Crippen molar-refractivity contribution in [3.8, 4) is 0 Å². The number of thioether (sulfide) groups is 1. The van der Waals surface area contributed by atoms with Crippen LogP contribution in [-0.2, 0) is 16.1 Å². The molecule has 0 aliphatic heterocycles. The molecule has 0 heterocycles. The topological polar surface area (TPSA) is 49.4 Å². The van der Waals surface area contributed by atoms with Crippen molar-refractivity contribution < 1.29 is 9.59 Å². The molecule has 4 aliphatic rings. The fraction of sp³-hybridized carbons (Fsp3) is 0.652. The van der Waals surface area contributed by atoms with Crippen molar-refractivity contribution in [3.05, 3.63) is 29.8 Å². The van der Waals surface area contributed by atoms with E-state index in [0.29, 0.717) is 13.0 Å². The molecule has 0 saturated heterocycles. The molecule has 0 atom stereocenters. The van der Waals surface area contributed by atoms with Crippen LogP contribution in [0.15, 0.2) is 29.2 Å². The zero-order valence-corrected chi connectivity index (χ0v) is 17.9. The summed E-state index contributed by atoms with van der Waals surface area (Å²) >= 11 is 1.71. The molecule has 0 aromatic heterocycles. The lowest BCUT2D eigenvalue weighted by Gasteiger charge is -2.56. The van der Waals surface area contributed by atoms with Crippen LogP contribution in [0, 0.1) is 23.2 Å². The zero-order valence-electron chi connectivity index (χ0n) is 17.1. The van der Waals surface area contributed by atoms with E-state index in [4.69, 9.17) is 0 Å². The van der Waals surface area contributed by atoms with Crippen LogP contribution in [0.2, 0.25) is 0 Å². The van der Waals surface area contributed by atoms with Gasteiger partial charge in [-0.1, -0.05) is 12.1 Å². The molecule has 4 fully saturated rings. The zero-order chi connectivity index (χ0) is 19.7. The van der Waals surface area contributed by atoms with Gasteiger partial charge in [0.2, 0.25) is 11.8 Å². The number of carbonyl (C=O) groups excluding carboxylic acids is 2. The highest BCUT2D eigenvalue weighted by Gasteiger charge is 2.51. The van der Waals surface area contributed by atoms with Gasteiger partial charge < -0.3 is 10.2 Å². The van der Waals surface area contributed by atoms with Gasteiger partial charge in [-0.25, -0.2) is 0 Å². The molecule has 0 spiro atoms. The standard InChI is InChI=1S/C23H32N2O2S/c1-25(15-16-3-5-20(28-2)6-4-16)22(27)14-24-21(26)13-23-10-17-7-18(11-23)9-19(8-17)12-23/h3-6,17-19H,7-15H2,1-2H3,(H,24,26). The van der Waals surface area contributed by atoms with Crippen LogP contribution in [-0.4, -0.2) is 36.6 Å². The van der Waals surface area contributed by atoms with Crippen LogP contribution in [0.5, 0.6) is 0 Å². The molecule has 152 valence electrons. The largest absolute Gasteiger partial charge is 0.347 e. The van der Waals surface area contributed by atoms with Gasteiger partial charge in [-0.2, -0.15) is 0 Å². The Labute approximate surface area is 172 Å². The summed E-state index contributed by atoms with van der Waals surface area (Å²) in [5, 5.41) is 2.91. The first kappa shape index (κ1) is 19.8. The van der Waals surface area contributed by atoms with Gasteiger partial charge in [0.25, 0.3) is 0 Å². The molecule has 2 amide bonds. The van der Waals surface area contributed by atoms with E-state index < -0.39 is 0 Å². The van der Waals surface area contributed by atoms with Crippen molar-refractivity contribution in [2.24, 2.45) is 23.2 Å². The summed E-state index contributed by atoms with van der Waals surface area (Å²) in [6, 6.07) is 8.26. The van der Waals surface area contributed by atoms with E-state index in [-0.39, 0.29) is 23.8 Å². The summed E-state index contributed by atoms with van der Waals surface area (Å²) in [7, 11) is 1.80. The van der Waals surface area contributed by atoms with E-state index in [1.165, 1.54) is 43.4 Å². The van der Waals surface area contributed by atoms with Crippen LogP contribution >= 0.6 is 11.8 Å². The molecule has 0 unspecified atom stereocenters. The van der Waals surface area contributed by atoms with E-state index in [1.54, 1.807) is 23.7 Å². The molecule has 5 heteroatoms. The Balaban J connectivity index is 1.24. The third-order valence-corrected chi connectivity index (χ3v) is 7.89. The Morgan fingerprint density at radius 1 is 1.07 bits per heavy atom. The van der Waals surface area contributed by atoms with Gasteiger partial charge in [0.1, 0.15) is 0 Å². The lowest BCUT2D eigenvalue weighted by molar-refractivity contribution is -0.135. The summed E-state index contributed by atoms with van der Waals surface area (Å²) < 4.78 is 0. The highest BCUT2D eigenvalue weighted by atomic mass is 32.2. The summed E-state index contributed by atoms with van der Waals surface area (Å²) in [5.41, 5.74) is 1.33. The van der Waals surface area contributed by atoms with E-state index >= 15 is 0 Å². The Morgan fingerprint density at radius 2 is 1.64 bits per heavy atom. The van der Waals surface area contributed by atoms with Crippen LogP contribution in [0.1, 0.15) is 50.5 Å². The first-order valence-electron chi connectivity index (χ1n) is 10.6. The predicted molar refractivity (Wildman–Crippen MR) is 113 cm³/mol. The number of nitrogens with zero attached hydrogens (tertiary/aromatic N) is 1. The van der Waals surface area contributed by atoms with Crippen molar-refractivity contribution in [3.63, 3.8) is 0 Å². The number of carbonyl (C=O) groups is 2. The minimum Gasteiger partial charge on any atom is -0.347 e. The second kappa shape index (κ2) is 8.10. The lowest BCUT2D eigenvalue weighted by Crippen LogP contribution is -2.48. The third-order valence-electron chi connectivity index (χ3n) is 7.14. The van der Waals surface area contributed by atoms with Gasteiger partial charge in [-0.05, 0) is 85.6 Å². The molecule has 4 bridgehead atoms. The molecular formula is C23H32N2O2S. The van der Waals surface area contributed by atoms with Crippen molar-refractivity contribution >= 4 is 23.6 Å². The fourth-order valence-electron chi connectivity index (χ4n) is 6.31. The highest BCUT2D eigenvalue weighted by molar-refractivity contribution is 7.98. The molecule has 1 N–H and O–H groups in total. The number of rotatable bonds is 7. The van der Waals surface area contributed by atoms with Gasteiger partial charge in [0.05, 0.1) is 6.54 Å². The summed E-state index contributed by atoms with van der Waals surface area (Å²) in [4.78, 5) is 28.0. The Bertz CT molecular complexity index is 695. The molecular weight excluding hydrogens is 368 g/mol. The van der Waals surface area contributed by atoms with Crippen molar-refractivity contribution in [2.75, 3.05) is 19.8 Å². The third kappa shape index (κ3) is 4.40. The summed E-state index contributed by atoms with van der Waals surface area (Å²) in [6.45, 7) is 0.670. The van der Waals surface area contributed by atoms with Crippen LogP contribution in [0.4, 0.5) is 0 Å². The van der Waals surface area contributed by atoms with Crippen LogP contribution in [0.25, 0.3) is 0 Å². The van der Waals surface area contributed by atoms with Gasteiger partial charge in [0.15, 0.2) is 0 Å². The molecule has 4 saturated carbocycles. The molecule has 0 radical (unpaired) electrons. The molecule has 4 aliphatic carbocycles.